The van der Waals surface area contributed by atoms with Crippen LogP contribution in [0.1, 0.15) is 75.1 Å². The molecule has 1 aromatic carbocycles. The molecule has 0 unspecified atom stereocenters. The lowest BCUT2D eigenvalue weighted by Gasteiger charge is -2.56. The molecule has 4 aliphatic carbocycles. The number of piperidine rings is 1. The van der Waals surface area contributed by atoms with E-state index in [4.69, 9.17) is 28.2 Å². The predicted octanol–water partition coefficient (Wildman–Crippen LogP) is 6.18. The first-order chi connectivity index (χ1) is 14.5. The van der Waals surface area contributed by atoms with Crippen molar-refractivity contribution >= 4 is 34.1 Å². The molecule has 5 fully saturated rings. The number of pyridine rings is 1. The second-order valence-corrected chi connectivity index (χ2v) is 11.4. The van der Waals surface area contributed by atoms with Crippen LogP contribution < -0.4 is 5.32 Å². The zero-order chi connectivity index (χ0) is 20.5. The Kier molecular flexibility index (Phi) is 4.84. The summed E-state index contributed by atoms with van der Waals surface area (Å²) in [4.78, 5) is 5.17. The van der Waals surface area contributed by atoms with Crippen LogP contribution in [0.4, 0.5) is 0 Å². The van der Waals surface area contributed by atoms with Gasteiger partial charge in [0.05, 0.1) is 16.6 Å². The minimum atomic E-state index is -0.571. The van der Waals surface area contributed by atoms with E-state index in [0.717, 1.165) is 53.6 Å². The average molecular weight is 445 g/mol. The van der Waals surface area contributed by atoms with Crippen molar-refractivity contribution in [3.8, 4) is 0 Å². The normalized spacial score (nSPS) is 36.4. The maximum Gasteiger partial charge on any atom is 0.0950 e. The van der Waals surface area contributed by atoms with E-state index in [1.54, 1.807) is 6.07 Å². The topological polar surface area (TPSA) is 45.2 Å². The van der Waals surface area contributed by atoms with Crippen LogP contribution in [0.3, 0.4) is 0 Å². The number of aliphatic hydroxyl groups is 1. The maximum atomic E-state index is 11.5. The highest BCUT2D eigenvalue weighted by molar-refractivity contribution is 6.38. The van der Waals surface area contributed by atoms with Crippen LogP contribution in [0, 0.1) is 17.8 Å². The molecular weight excluding hydrogens is 415 g/mol. The van der Waals surface area contributed by atoms with Gasteiger partial charge in [-0.2, -0.15) is 0 Å². The number of rotatable bonds is 3. The summed E-state index contributed by atoms with van der Waals surface area (Å²) >= 11 is 13.0. The number of hydrogen-bond acceptors (Lipinski definition) is 3. The number of halogens is 2. The molecule has 0 amide bonds. The highest BCUT2D eigenvalue weighted by atomic mass is 35.5. The molecule has 4 bridgehead atoms. The molecule has 3 nitrogen and oxygen atoms in total. The Bertz CT molecular complexity index is 949. The molecule has 160 valence electrons. The highest BCUT2D eigenvalue weighted by Crippen LogP contribution is 2.60. The summed E-state index contributed by atoms with van der Waals surface area (Å²) in [6.07, 6.45) is 10.7. The number of aliphatic hydroxyl groups excluding tert-OH is 1. The van der Waals surface area contributed by atoms with Crippen LogP contribution in [0.25, 0.3) is 10.9 Å². The number of nitrogens with one attached hydrogen (secondary N) is 1. The van der Waals surface area contributed by atoms with Crippen molar-refractivity contribution in [2.75, 3.05) is 6.54 Å². The van der Waals surface area contributed by atoms with Crippen LogP contribution >= 0.6 is 23.2 Å². The summed E-state index contributed by atoms with van der Waals surface area (Å²) in [5, 5.41) is 17.1. The molecule has 0 spiro atoms. The Morgan fingerprint density at radius 3 is 2.33 bits per heavy atom. The van der Waals surface area contributed by atoms with E-state index in [2.05, 4.69) is 11.4 Å². The quantitative estimate of drug-likeness (QED) is 0.593. The molecule has 2 heterocycles. The van der Waals surface area contributed by atoms with Gasteiger partial charge in [-0.3, -0.25) is 4.98 Å². The van der Waals surface area contributed by atoms with E-state index >= 15 is 0 Å². The van der Waals surface area contributed by atoms with Crippen molar-refractivity contribution in [2.45, 2.75) is 75.3 Å². The van der Waals surface area contributed by atoms with Crippen molar-refractivity contribution in [3.63, 3.8) is 0 Å². The summed E-state index contributed by atoms with van der Waals surface area (Å²) in [7, 11) is 0. The van der Waals surface area contributed by atoms with E-state index in [1.165, 1.54) is 50.6 Å². The zero-order valence-corrected chi connectivity index (χ0v) is 18.9. The second-order valence-electron chi connectivity index (χ2n) is 10.6. The third kappa shape index (κ3) is 3.20. The number of nitrogens with zero attached hydrogens (tertiary/aromatic N) is 1. The van der Waals surface area contributed by atoms with Gasteiger partial charge in [-0.25, -0.2) is 0 Å². The Labute approximate surface area is 188 Å². The van der Waals surface area contributed by atoms with Crippen LogP contribution in [-0.2, 0) is 5.41 Å². The van der Waals surface area contributed by atoms with Crippen molar-refractivity contribution in [3.05, 3.63) is 39.5 Å². The molecule has 1 aromatic heterocycles. The van der Waals surface area contributed by atoms with Gasteiger partial charge in [-0.15, -0.1) is 0 Å². The van der Waals surface area contributed by atoms with E-state index in [-0.39, 0.29) is 11.5 Å². The third-order valence-corrected chi connectivity index (χ3v) is 9.00. The van der Waals surface area contributed by atoms with Gasteiger partial charge in [0.15, 0.2) is 0 Å². The summed E-state index contributed by atoms with van der Waals surface area (Å²) in [5.74, 6) is 2.55. The summed E-state index contributed by atoms with van der Waals surface area (Å²) in [6, 6.07) is 6.02. The van der Waals surface area contributed by atoms with Gasteiger partial charge in [0, 0.05) is 27.6 Å². The van der Waals surface area contributed by atoms with Crippen LogP contribution in [0.15, 0.2) is 18.2 Å². The third-order valence-electron chi connectivity index (χ3n) is 8.49. The van der Waals surface area contributed by atoms with Gasteiger partial charge in [-0.05, 0) is 99.4 Å². The maximum absolute atomic E-state index is 11.5. The summed E-state index contributed by atoms with van der Waals surface area (Å²) < 4.78 is 0. The Hall–Kier alpha value is -0.870. The van der Waals surface area contributed by atoms with E-state index in [1.807, 2.05) is 6.07 Å². The van der Waals surface area contributed by atoms with Crippen LogP contribution in [-0.4, -0.2) is 22.7 Å². The number of benzene rings is 1. The largest absolute Gasteiger partial charge is 0.387 e. The number of hydrogen-bond donors (Lipinski definition) is 2. The van der Waals surface area contributed by atoms with E-state index < -0.39 is 6.10 Å². The smallest absolute Gasteiger partial charge is 0.0950 e. The lowest BCUT2D eigenvalue weighted by atomic mass is 9.48. The molecular formula is C25H30Cl2N2O. The standard InChI is InChI=1S/C25H30Cl2N2O/c26-17-8-18-19(24(30)21-3-1-2-4-28-21)10-22(29-23(18)20(27)9-17)25-11-14-5-15(12-25)7-16(6-14)13-25/h8-10,14-16,21,24,28,30H,1-7,11-13H2/t14?,15?,16?,21-,24+,25?/m1/s1. The van der Waals surface area contributed by atoms with Gasteiger partial charge in [0.25, 0.3) is 0 Å². The summed E-state index contributed by atoms with van der Waals surface area (Å²) in [6.45, 7) is 0.966. The average Bonchev–Trinajstić information content (AvgIpc) is 2.72. The molecule has 5 aliphatic rings. The minimum absolute atomic E-state index is 0.0753. The van der Waals surface area contributed by atoms with Crippen molar-refractivity contribution < 1.29 is 5.11 Å². The lowest BCUT2D eigenvalue weighted by Crippen LogP contribution is -2.49. The van der Waals surface area contributed by atoms with E-state index in [0.29, 0.717) is 10.0 Å². The molecule has 30 heavy (non-hydrogen) atoms. The van der Waals surface area contributed by atoms with Gasteiger partial charge in [0.2, 0.25) is 0 Å². The van der Waals surface area contributed by atoms with Gasteiger partial charge in [0.1, 0.15) is 0 Å². The first kappa shape index (κ1) is 19.8. The Morgan fingerprint density at radius 2 is 1.70 bits per heavy atom. The predicted molar refractivity (Wildman–Crippen MR) is 122 cm³/mol. The van der Waals surface area contributed by atoms with Crippen LogP contribution in [0.2, 0.25) is 10.0 Å². The molecule has 1 aliphatic heterocycles. The molecule has 2 atom stereocenters. The van der Waals surface area contributed by atoms with E-state index in [9.17, 15) is 5.11 Å². The van der Waals surface area contributed by atoms with Gasteiger partial charge < -0.3 is 10.4 Å². The SMILES string of the molecule is O[C@@H](c1cc(C23CC4CC(CC(C4)C2)C3)nc2c(Cl)cc(Cl)cc12)[C@H]1CCCCN1. The molecule has 7 rings (SSSR count). The Morgan fingerprint density at radius 1 is 1.00 bits per heavy atom. The lowest BCUT2D eigenvalue weighted by molar-refractivity contribution is -0.00720. The zero-order valence-electron chi connectivity index (χ0n) is 17.3. The Balaban J connectivity index is 1.50. The fourth-order valence-corrected chi connectivity index (χ4v) is 8.12. The fourth-order valence-electron chi connectivity index (χ4n) is 7.58. The highest BCUT2D eigenvalue weighted by Gasteiger charge is 2.52. The molecule has 2 N–H and O–H groups in total. The fraction of sp³-hybridized carbons (Fsp3) is 0.640. The number of aromatic nitrogens is 1. The summed E-state index contributed by atoms with van der Waals surface area (Å²) in [5.41, 5.74) is 3.09. The molecule has 0 radical (unpaired) electrons. The molecule has 4 saturated carbocycles. The van der Waals surface area contributed by atoms with Crippen molar-refractivity contribution in [1.82, 2.24) is 10.3 Å². The van der Waals surface area contributed by atoms with Crippen molar-refractivity contribution in [2.24, 2.45) is 17.8 Å². The first-order valence-electron chi connectivity index (χ1n) is 11.7. The molecule has 5 heteroatoms. The van der Waals surface area contributed by atoms with Crippen molar-refractivity contribution in [1.29, 1.82) is 0 Å². The second kappa shape index (κ2) is 7.33. The minimum Gasteiger partial charge on any atom is -0.387 e. The molecule has 2 aromatic rings. The monoisotopic (exact) mass is 444 g/mol. The van der Waals surface area contributed by atoms with Gasteiger partial charge in [-0.1, -0.05) is 29.6 Å². The first-order valence-corrected chi connectivity index (χ1v) is 12.5. The van der Waals surface area contributed by atoms with Crippen LogP contribution in [0.5, 0.6) is 0 Å². The number of fused-ring (bicyclic) bond motifs is 1. The molecule has 1 saturated heterocycles. The van der Waals surface area contributed by atoms with Gasteiger partial charge >= 0.3 is 0 Å².